The summed E-state index contributed by atoms with van der Waals surface area (Å²) in [6.07, 6.45) is 0. The zero-order valence-corrected chi connectivity index (χ0v) is 12.9. The Balaban J connectivity index is 2.00. The van der Waals surface area contributed by atoms with E-state index in [2.05, 4.69) is 0 Å². The Morgan fingerprint density at radius 1 is 1.19 bits per heavy atom. The van der Waals surface area contributed by atoms with Crippen LogP contribution < -0.4 is 4.74 Å². The molecule has 3 nitrogen and oxygen atoms in total. The van der Waals surface area contributed by atoms with Gasteiger partial charge in [0.15, 0.2) is 5.78 Å². The Morgan fingerprint density at radius 2 is 1.95 bits per heavy atom. The van der Waals surface area contributed by atoms with Gasteiger partial charge in [-0.25, -0.2) is 0 Å². The van der Waals surface area contributed by atoms with E-state index >= 15 is 0 Å². The van der Waals surface area contributed by atoms with Gasteiger partial charge in [-0.1, -0.05) is 41.9 Å². The summed E-state index contributed by atoms with van der Waals surface area (Å²) in [5.74, 6) is 0.748. The Morgan fingerprint density at radius 3 is 2.67 bits per heavy atom. The molecule has 4 heteroatoms. The smallest absolute Gasteiger partial charge is 0.176 e. The van der Waals surface area contributed by atoms with Gasteiger partial charge >= 0.3 is 0 Å². The van der Waals surface area contributed by atoms with E-state index in [9.17, 15) is 4.79 Å². The molecule has 0 heterocycles. The van der Waals surface area contributed by atoms with Crippen LogP contribution in [0.5, 0.6) is 5.75 Å². The second-order valence-corrected chi connectivity index (χ2v) is 5.33. The predicted octanol–water partition coefficient (Wildman–Crippen LogP) is 3.66. The van der Waals surface area contributed by atoms with Gasteiger partial charge in [-0.2, -0.15) is 0 Å². The van der Waals surface area contributed by atoms with Crippen molar-refractivity contribution in [2.75, 3.05) is 20.7 Å². The normalized spacial score (nSPS) is 10.7. The number of hydrogen-bond acceptors (Lipinski definition) is 3. The van der Waals surface area contributed by atoms with Crippen LogP contribution in [0.15, 0.2) is 48.5 Å². The van der Waals surface area contributed by atoms with Gasteiger partial charge in [0.25, 0.3) is 0 Å². The third kappa shape index (κ3) is 4.31. The van der Waals surface area contributed by atoms with Gasteiger partial charge in [0, 0.05) is 17.1 Å². The number of hydrogen-bond donors (Lipinski definition) is 0. The van der Waals surface area contributed by atoms with Gasteiger partial charge < -0.3 is 4.74 Å². The summed E-state index contributed by atoms with van der Waals surface area (Å²) in [7, 11) is 3.49. The van der Waals surface area contributed by atoms with Crippen LogP contribution in [-0.2, 0) is 6.54 Å². The molecule has 0 amide bonds. The van der Waals surface area contributed by atoms with Crippen molar-refractivity contribution in [3.63, 3.8) is 0 Å². The van der Waals surface area contributed by atoms with E-state index in [1.807, 2.05) is 48.3 Å². The van der Waals surface area contributed by atoms with Crippen LogP contribution in [0.25, 0.3) is 0 Å². The zero-order chi connectivity index (χ0) is 15.2. The van der Waals surface area contributed by atoms with Crippen LogP contribution in [0.2, 0.25) is 5.02 Å². The van der Waals surface area contributed by atoms with Gasteiger partial charge in [-0.05, 0) is 30.8 Å². The van der Waals surface area contributed by atoms with E-state index in [0.717, 1.165) is 10.6 Å². The minimum Gasteiger partial charge on any atom is -0.497 e. The Hall–Kier alpha value is -1.84. The van der Waals surface area contributed by atoms with Crippen molar-refractivity contribution in [1.82, 2.24) is 4.90 Å². The zero-order valence-electron chi connectivity index (χ0n) is 12.2. The van der Waals surface area contributed by atoms with Crippen molar-refractivity contribution >= 4 is 17.4 Å². The number of benzene rings is 2. The predicted molar refractivity (Wildman–Crippen MR) is 85.1 cm³/mol. The maximum Gasteiger partial charge on any atom is 0.176 e. The summed E-state index contributed by atoms with van der Waals surface area (Å²) in [6.45, 7) is 0.966. The van der Waals surface area contributed by atoms with Gasteiger partial charge in [0.2, 0.25) is 0 Å². The third-order valence-corrected chi connectivity index (χ3v) is 3.57. The molecule has 21 heavy (non-hydrogen) atoms. The van der Waals surface area contributed by atoms with Crippen LogP contribution in [-0.4, -0.2) is 31.4 Å². The highest BCUT2D eigenvalue weighted by molar-refractivity contribution is 6.31. The van der Waals surface area contributed by atoms with E-state index in [4.69, 9.17) is 16.3 Å². The molecule has 2 aromatic carbocycles. The molecule has 0 bridgehead atoms. The summed E-state index contributed by atoms with van der Waals surface area (Å²) in [5, 5.41) is 0.721. The number of carbonyl (C=O) groups excluding carboxylic acids is 1. The SMILES string of the molecule is COc1cccc(C(=O)CN(C)Cc2ccccc2Cl)c1. The lowest BCUT2D eigenvalue weighted by Gasteiger charge is -2.16. The van der Waals surface area contributed by atoms with Crippen molar-refractivity contribution in [1.29, 1.82) is 0 Å². The van der Waals surface area contributed by atoms with Crippen LogP contribution >= 0.6 is 11.6 Å². The Kier molecular flexibility index (Phi) is 5.37. The van der Waals surface area contributed by atoms with Crippen LogP contribution in [0.4, 0.5) is 0 Å². The van der Waals surface area contributed by atoms with Crippen LogP contribution in [0, 0.1) is 0 Å². The molecule has 0 aliphatic heterocycles. The van der Waals surface area contributed by atoms with Gasteiger partial charge in [0.1, 0.15) is 5.75 Å². The minimum atomic E-state index is 0.0588. The Bertz CT molecular complexity index is 628. The standard InChI is InChI=1S/C17H18ClNO2/c1-19(11-14-6-3-4-9-16(14)18)12-17(20)13-7-5-8-15(10-13)21-2/h3-10H,11-12H2,1-2H3. The molecule has 0 radical (unpaired) electrons. The fourth-order valence-corrected chi connectivity index (χ4v) is 2.30. The van der Waals surface area contributed by atoms with Crippen LogP contribution in [0.1, 0.15) is 15.9 Å². The monoisotopic (exact) mass is 303 g/mol. The van der Waals surface area contributed by atoms with E-state index in [1.54, 1.807) is 19.2 Å². The number of halogens is 1. The lowest BCUT2D eigenvalue weighted by atomic mass is 10.1. The number of Topliss-reactive ketones (excluding diaryl/α,β-unsaturated/α-hetero) is 1. The number of carbonyl (C=O) groups is 1. The number of methoxy groups -OCH3 is 1. The molecular formula is C17H18ClNO2. The summed E-state index contributed by atoms with van der Waals surface area (Å²) >= 11 is 6.13. The van der Waals surface area contributed by atoms with E-state index in [1.165, 1.54) is 0 Å². The molecule has 0 saturated carbocycles. The fourth-order valence-electron chi connectivity index (χ4n) is 2.11. The second kappa shape index (κ2) is 7.25. The lowest BCUT2D eigenvalue weighted by Crippen LogP contribution is -2.25. The van der Waals surface area contributed by atoms with Crippen molar-refractivity contribution in [2.45, 2.75) is 6.54 Å². The first-order valence-corrected chi connectivity index (χ1v) is 7.07. The third-order valence-electron chi connectivity index (χ3n) is 3.20. The fraction of sp³-hybridized carbons (Fsp3) is 0.235. The van der Waals surface area contributed by atoms with Crippen LogP contribution in [0.3, 0.4) is 0 Å². The number of nitrogens with zero attached hydrogens (tertiary/aromatic N) is 1. The second-order valence-electron chi connectivity index (χ2n) is 4.92. The molecular weight excluding hydrogens is 286 g/mol. The topological polar surface area (TPSA) is 29.5 Å². The highest BCUT2D eigenvalue weighted by atomic mass is 35.5. The number of ether oxygens (including phenoxy) is 1. The molecule has 0 aliphatic rings. The van der Waals surface area contributed by atoms with E-state index < -0.39 is 0 Å². The molecule has 0 N–H and O–H groups in total. The molecule has 0 spiro atoms. The van der Waals surface area contributed by atoms with Crippen molar-refractivity contribution in [3.8, 4) is 5.75 Å². The molecule has 0 unspecified atom stereocenters. The highest BCUT2D eigenvalue weighted by Gasteiger charge is 2.11. The summed E-state index contributed by atoms with van der Waals surface area (Å²) in [4.78, 5) is 14.2. The van der Waals surface area contributed by atoms with E-state index in [-0.39, 0.29) is 5.78 Å². The molecule has 110 valence electrons. The molecule has 0 aliphatic carbocycles. The highest BCUT2D eigenvalue weighted by Crippen LogP contribution is 2.17. The maximum atomic E-state index is 12.3. The molecule has 0 saturated heterocycles. The first-order valence-electron chi connectivity index (χ1n) is 6.69. The molecule has 0 atom stereocenters. The van der Waals surface area contributed by atoms with Gasteiger partial charge in [-0.3, -0.25) is 9.69 Å². The summed E-state index contributed by atoms with van der Waals surface area (Å²) in [5.41, 5.74) is 1.67. The number of likely N-dealkylation sites (N-methyl/N-ethyl adjacent to an activating group) is 1. The average molecular weight is 304 g/mol. The van der Waals surface area contributed by atoms with Gasteiger partial charge in [-0.15, -0.1) is 0 Å². The van der Waals surface area contributed by atoms with Crippen molar-refractivity contribution < 1.29 is 9.53 Å². The molecule has 0 aromatic heterocycles. The largest absolute Gasteiger partial charge is 0.497 e. The number of ketones is 1. The van der Waals surface area contributed by atoms with Crippen molar-refractivity contribution in [3.05, 3.63) is 64.7 Å². The first kappa shape index (κ1) is 15.5. The molecule has 2 aromatic rings. The van der Waals surface area contributed by atoms with Gasteiger partial charge in [0.05, 0.1) is 13.7 Å². The van der Waals surface area contributed by atoms with Crippen molar-refractivity contribution in [2.24, 2.45) is 0 Å². The maximum absolute atomic E-state index is 12.3. The summed E-state index contributed by atoms with van der Waals surface area (Å²) < 4.78 is 5.14. The Labute approximate surface area is 130 Å². The van der Waals surface area contributed by atoms with E-state index in [0.29, 0.717) is 24.4 Å². The molecule has 0 fully saturated rings. The summed E-state index contributed by atoms with van der Waals surface area (Å²) in [6, 6.07) is 14.9. The lowest BCUT2D eigenvalue weighted by molar-refractivity contribution is 0.0942. The number of rotatable bonds is 6. The minimum absolute atomic E-state index is 0.0588. The average Bonchev–Trinajstić information content (AvgIpc) is 2.49. The molecule has 2 rings (SSSR count). The first-order chi connectivity index (χ1) is 10.1. The quantitative estimate of drug-likeness (QED) is 0.763.